The second kappa shape index (κ2) is 5.12. The Balaban J connectivity index is 3.91. The van der Waals surface area contributed by atoms with Gasteiger partial charge in [0, 0.05) is 13.1 Å². The molecule has 0 bridgehead atoms. The van der Waals surface area contributed by atoms with E-state index in [1.165, 1.54) is 0 Å². The van der Waals surface area contributed by atoms with Gasteiger partial charge in [-0.1, -0.05) is 26.0 Å². The van der Waals surface area contributed by atoms with E-state index < -0.39 is 0 Å². The van der Waals surface area contributed by atoms with Gasteiger partial charge in [-0.3, -0.25) is 5.01 Å². The molecule has 3 heteroatoms. The average molecular weight is 171 g/mol. The first-order valence-electron chi connectivity index (χ1n) is 4.62. The third kappa shape index (κ3) is 6.13. The van der Waals surface area contributed by atoms with Crippen molar-refractivity contribution in [3.05, 3.63) is 0 Å². The predicted molar refractivity (Wildman–Crippen MR) is 52.1 cm³/mol. The summed E-state index contributed by atoms with van der Waals surface area (Å²) in [5.74, 6) is 0. The van der Waals surface area contributed by atoms with Gasteiger partial charge < -0.3 is 0 Å². The van der Waals surface area contributed by atoms with Crippen molar-refractivity contribution in [3.63, 3.8) is 0 Å². The summed E-state index contributed by atoms with van der Waals surface area (Å²) in [7, 11) is 0. The van der Waals surface area contributed by atoms with Crippen molar-refractivity contribution in [2.24, 2.45) is 15.8 Å². The molecule has 0 radical (unpaired) electrons. The summed E-state index contributed by atoms with van der Waals surface area (Å²) in [5.41, 5.74) is 0.294. The quantitative estimate of drug-likeness (QED) is 0.472. The number of nitrogens with zero attached hydrogens (tertiary/aromatic N) is 3. The zero-order valence-corrected chi connectivity index (χ0v) is 8.96. The molecule has 0 N–H and O–H groups in total. The van der Waals surface area contributed by atoms with E-state index in [0.29, 0.717) is 5.41 Å². The summed E-state index contributed by atoms with van der Waals surface area (Å²) in [5, 5.41) is 10.1. The lowest BCUT2D eigenvalue weighted by molar-refractivity contribution is 0.193. The Morgan fingerprint density at radius 2 is 1.75 bits per heavy atom. The van der Waals surface area contributed by atoms with Crippen molar-refractivity contribution in [3.8, 4) is 0 Å². The first-order chi connectivity index (χ1) is 5.49. The number of hydrogen-bond donors (Lipinski definition) is 0. The second-order valence-electron chi connectivity index (χ2n) is 4.09. The summed E-state index contributed by atoms with van der Waals surface area (Å²) >= 11 is 0. The van der Waals surface area contributed by atoms with E-state index in [0.717, 1.165) is 19.6 Å². The molecule has 0 spiro atoms. The largest absolute Gasteiger partial charge is 0.279 e. The Morgan fingerprint density at radius 3 is 2.08 bits per heavy atom. The maximum Gasteiger partial charge on any atom is 0.0592 e. The molecule has 0 unspecified atom stereocenters. The third-order valence-corrected chi connectivity index (χ3v) is 1.35. The molecule has 0 atom stereocenters. The molecule has 0 rings (SSSR count). The highest BCUT2D eigenvalue weighted by atomic mass is 15.5. The third-order valence-electron chi connectivity index (χ3n) is 1.35. The van der Waals surface area contributed by atoms with Crippen LogP contribution in [0, 0.1) is 5.41 Å². The van der Waals surface area contributed by atoms with Gasteiger partial charge in [0.1, 0.15) is 0 Å². The SMILES string of the molecule is CCN=NN(CC)CC(C)(C)C. The Kier molecular flexibility index (Phi) is 4.86. The Morgan fingerprint density at radius 1 is 1.17 bits per heavy atom. The summed E-state index contributed by atoms with van der Waals surface area (Å²) in [4.78, 5) is 0. The highest BCUT2D eigenvalue weighted by Gasteiger charge is 2.13. The molecular weight excluding hydrogens is 150 g/mol. The van der Waals surface area contributed by atoms with Crippen LogP contribution in [-0.2, 0) is 0 Å². The van der Waals surface area contributed by atoms with Gasteiger partial charge in [-0.25, -0.2) is 0 Å². The zero-order chi connectivity index (χ0) is 9.61. The van der Waals surface area contributed by atoms with E-state index in [1.54, 1.807) is 0 Å². The molecule has 0 saturated carbocycles. The molecule has 0 aromatic carbocycles. The van der Waals surface area contributed by atoms with Crippen LogP contribution < -0.4 is 0 Å². The van der Waals surface area contributed by atoms with Crippen molar-refractivity contribution in [1.29, 1.82) is 0 Å². The van der Waals surface area contributed by atoms with Crippen LogP contribution in [0.1, 0.15) is 34.6 Å². The first kappa shape index (κ1) is 11.4. The van der Waals surface area contributed by atoms with Crippen molar-refractivity contribution in [2.75, 3.05) is 19.6 Å². The summed E-state index contributed by atoms with van der Waals surface area (Å²) in [6, 6.07) is 0. The second-order valence-corrected chi connectivity index (χ2v) is 4.09. The van der Waals surface area contributed by atoms with Gasteiger partial charge in [-0.05, 0) is 19.3 Å². The molecular formula is C9H21N3. The fourth-order valence-corrected chi connectivity index (χ4v) is 0.907. The zero-order valence-electron chi connectivity index (χ0n) is 8.96. The van der Waals surface area contributed by atoms with Gasteiger partial charge in [0.25, 0.3) is 0 Å². The maximum absolute atomic E-state index is 4.10. The van der Waals surface area contributed by atoms with Crippen LogP contribution in [0.3, 0.4) is 0 Å². The fraction of sp³-hybridized carbons (Fsp3) is 1.00. The maximum atomic E-state index is 4.10. The van der Waals surface area contributed by atoms with Crippen LogP contribution >= 0.6 is 0 Å². The smallest absolute Gasteiger partial charge is 0.0592 e. The van der Waals surface area contributed by atoms with Gasteiger partial charge in [-0.15, -0.1) is 0 Å². The van der Waals surface area contributed by atoms with E-state index in [9.17, 15) is 0 Å². The lowest BCUT2D eigenvalue weighted by atomic mass is 9.97. The van der Waals surface area contributed by atoms with E-state index >= 15 is 0 Å². The van der Waals surface area contributed by atoms with Gasteiger partial charge in [0.2, 0.25) is 0 Å². The van der Waals surface area contributed by atoms with E-state index in [4.69, 9.17) is 0 Å². The Labute approximate surface area is 75.8 Å². The number of rotatable bonds is 4. The molecule has 72 valence electrons. The minimum Gasteiger partial charge on any atom is -0.279 e. The fourth-order valence-electron chi connectivity index (χ4n) is 0.907. The van der Waals surface area contributed by atoms with E-state index in [-0.39, 0.29) is 0 Å². The van der Waals surface area contributed by atoms with Crippen LogP contribution in [0.25, 0.3) is 0 Å². The highest BCUT2D eigenvalue weighted by Crippen LogP contribution is 2.15. The molecule has 12 heavy (non-hydrogen) atoms. The van der Waals surface area contributed by atoms with Crippen molar-refractivity contribution in [2.45, 2.75) is 34.6 Å². The molecule has 0 aromatic rings. The molecule has 0 fully saturated rings. The van der Waals surface area contributed by atoms with Crippen LogP contribution in [0.5, 0.6) is 0 Å². The topological polar surface area (TPSA) is 28.0 Å². The van der Waals surface area contributed by atoms with Crippen molar-refractivity contribution in [1.82, 2.24) is 5.01 Å². The Bertz CT molecular complexity index is 135. The van der Waals surface area contributed by atoms with Crippen LogP contribution in [0.15, 0.2) is 10.3 Å². The number of hydrogen-bond acceptors (Lipinski definition) is 2. The standard InChI is InChI=1S/C9H21N3/c1-6-10-11-12(7-2)8-9(3,4)5/h6-8H2,1-5H3. The van der Waals surface area contributed by atoms with Crippen LogP contribution in [0.4, 0.5) is 0 Å². The molecule has 0 aliphatic rings. The molecule has 3 nitrogen and oxygen atoms in total. The van der Waals surface area contributed by atoms with Crippen LogP contribution in [-0.4, -0.2) is 24.6 Å². The van der Waals surface area contributed by atoms with Crippen LogP contribution in [0.2, 0.25) is 0 Å². The van der Waals surface area contributed by atoms with E-state index in [2.05, 4.69) is 38.0 Å². The highest BCUT2D eigenvalue weighted by molar-refractivity contribution is 4.64. The molecule has 0 aliphatic heterocycles. The molecule has 0 saturated heterocycles. The van der Waals surface area contributed by atoms with Gasteiger partial charge in [-0.2, -0.15) is 5.11 Å². The van der Waals surface area contributed by atoms with E-state index in [1.807, 2.05) is 11.9 Å². The predicted octanol–water partition coefficient (Wildman–Crippen LogP) is 2.74. The van der Waals surface area contributed by atoms with Gasteiger partial charge >= 0.3 is 0 Å². The summed E-state index contributed by atoms with van der Waals surface area (Å²) in [6.45, 7) is 13.4. The Hall–Kier alpha value is -0.600. The molecule has 0 aromatic heterocycles. The van der Waals surface area contributed by atoms with Crippen molar-refractivity contribution >= 4 is 0 Å². The minimum atomic E-state index is 0.294. The monoisotopic (exact) mass is 171 g/mol. The average Bonchev–Trinajstić information content (AvgIpc) is 1.95. The minimum absolute atomic E-state index is 0.294. The normalized spacial score (nSPS) is 12.4. The molecule has 0 aliphatic carbocycles. The lowest BCUT2D eigenvalue weighted by Crippen LogP contribution is -2.28. The molecule has 0 amide bonds. The molecule has 0 heterocycles. The lowest BCUT2D eigenvalue weighted by Gasteiger charge is -2.25. The summed E-state index contributed by atoms with van der Waals surface area (Å²) in [6.07, 6.45) is 0. The van der Waals surface area contributed by atoms with Crippen molar-refractivity contribution < 1.29 is 0 Å². The summed E-state index contributed by atoms with van der Waals surface area (Å²) < 4.78 is 0. The first-order valence-corrected chi connectivity index (χ1v) is 4.62. The van der Waals surface area contributed by atoms with Gasteiger partial charge in [0.15, 0.2) is 0 Å². The van der Waals surface area contributed by atoms with Gasteiger partial charge in [0.05, 0.1) is 6.54 Å².